The summed E-state index contributed by atoms with van der Waals surface area (Å²) >= 11 is 0. The maximum atomic E-state index is 11.2. The fraction of sp³-hybridized carbons (Fsp3) is 0.419. The Morgan fingerprint density at radius 2 is 1.63 bits per heavy atom. The van der Waals surface area contributed by atoms with Gasteiger partial charge in [-0.2, -0.15) is 0 Å². The summed E-state index contributed by atoms with van der Waals surface area (Å²) < 4.78 is 0. The molecule has 0 atom stereocenters. The van der Waals surface area contributed by atoms with E-state index in [0.29, 0.717) is 30.6 Å². The molecule has 2 aromatic carbocycles. The molecule has 35 heavy (non-hydrogen) atoms. The molecule has 1 radical (unpaired) electrons. The average molecular weight is 651 g/mol. The molecule has 0 spiro atoms. The molecule has 1 heterocycles. The van der Waals surface area contributed by atoms with Gasteiger partial charge in [-0.1, -0.05) is 73.6 Å². The predicted octanol–water partition coefficient (Wildman–Crippen LogP) is 8.53. The Kier molecular flexibility index (Phi) is 12.6. The number of hydrogen-bond acceptors (Lipinski definition) is 3. The molecule has 0 amide bonds. The summed E-state index contributed by atoms with van der Waals surface area (Å²) in [6.45, 7) is 16.7. The van der Waals surface area contributed by atoms with Gasteiger partial charge in [0.15, 0.2) is 5.78 Å². The van der Waals surface area contributed by atoms with Gasteiger partial charge >= 0.3 is 0 Å². The normalized spacial score (nSPS) is 11.5. The molecule has 3 aromatic rings. The molecule has 3 rings (SSSR count). The van der Waals surface area contributed by atoms with Gasteiger partial charge in [0.25, 0.3) is 0 Å². The van der Waals surface area contributed by atoms with E-state index < -0.39 is 0 Å². The fourth-order valence-corrected chi connectivity index (χ4v) is 3.91. The van der Waals surface area contributed by atoms with Crippen LogP contribution in [-0.2, 0) is 24.9 Å². The van der Waals surface area contributed by atoms with Crippen molar-refractivity contribution in [2.75, 3.05) is 0 Å². The molecule has 0 aliphatic carbocycles. The van der Waals surface area contributed by atoms with Gasteiger partial charge in [-0.3, -0.25) is 4.79 Å². The monoisotopic (exact) mass is 651 g/mol. The summed E-state index contributed by atoms with van der Waals surface area (Å²) in [5.41, 5.74) is 5.87. The van der Waals surface area contributed by atoms with E-state index in [0.717, 1.165) is 16.8 Å². The first-order chi connectivity index (χ1) is 16.0. The molecule has 0 unspecified atom stereocenters. The van der Waals surface area contributed by atoms with E-state index >= 15 is 0 Å². The Morgan fingerprint density at radius 3 is 2.20 bits per heavy atom. The third kappa shape index (κ3) is 10.1. The largest absolute Gasteiger partial charge is 0.512 e. The van der Waals surface area contributed by atoms with Crippen LogP contribution in [0, 0.1) is 31.7 Å². The molecule has 0 saturated carbocycles. The molecular weight excluding hydrogens is 611 g/mol. The van der Waals surface area contributed by atoms with Gasteiger partial charge in [-0.25, -0.2) is 0 Å². The maximum Gasteiger partial charge on any atom is 0.159 e. The number of carbonyl (C=O) groups is 1. The topological polar surface area (TPSA) is 50.2 Å². The first-order valence-corrected chi connectivity index (χ1v) is 12.3. The molecule has 1 N–H and O–H groups in total. The summed E-state index contributed by atoms with van der Waals surface area (Å²) in [5.74, 6) is 1.50. The van der Waals surface area contributed by atoms with Crippen molar-refractivity contribution in [2.45, 2.75) is 74.1 Å². The number of hydrogen-bond donors (Lipinski definition) is 1. The van der Waals surface area contributed by atoms with Gasteiger partial charge in [0, 0.05) is 45.2 Å². The van der Waals surface area contributed by atoms with Crippen molar-refractivity contribution >= 4 is 16.6 Å². The first kappa shape index (κ1) is 30.7. The molecule has 0 aliphatic heterocycles. The Labute approximate surface area is 225 Å². The van der Waals surface area contributed by atoms with Crippen molar-refractivity contribution in [1.82, 2.24) is 4.98 Å². The minimum absolute atomic E-state index is 0. The number of aromatic nitrogens is 1. The molecule has 0 saturated heterocycles. The van der Waals surface area contributed by atoms with Crippen LogP contribution in [0.15, 0.2) is 54.4 Å². The van der Waals surface area contributed by atoms with E-state index in [1.54, 1.807) is 0 Å². The van der Waals surface area contributed by atoms with Crippen LogP contribution in [0.3, 0.4) is 0 Å². The smallest absolute Gasteiger partial charge is 0.159 e. The number of nitrogens with zero attached hydrogens (tertiary/aromatic N) is 1. The van der Waals surface area contributed by atoms with E-state index in [9.17, 15) is 9.90 Å². The van der Waals surface area contributed by atoms with Crippen LogP contribution in [0.5, 0.6) is 0 Å². The second-order valence-electron chi connectivity index (χ2n) is 10.3. The Bertz CT molecular complexity index is 1130. The third-order valence-corrected chi connectivity index (χ3v) is 5.41. The average Bonchev–Trinajstić information content (AvgIpc) is 2.71. The summed E-state index contributed by atoms with van der Waals surface area (Å²) in [4.78, 5) is 15.8. The SMILES string of the molecule is CC(C)CC(=O)/C=C(\O)CC(C)C.Cc1[c-]c(-c2nccc3ccc(C(C)C)cc23)cc(C)c1.[Ir]. The first-order valence-electron chi connectivity index (χ1n) is 12.3. The zero-order valence-electron chi connectivity index (χ0n) is 22.4. The Balaban J connectivity index is 0.000000383. The number of allylic oxidation sites excluding steroid dienone is 2. The third-order valence-electron chi connectivity index (χ3n) is 5.41. The molecule has 0 aliphatic rings. The number of fused-ring (bicyclic) bond motifs is 1. The van der Waals surface area contributed by atoms with Gasteiger partial charge in [0.1, 0.15) is 0 Å². The zero-order chi connectivity index (χ0) is 25.4. The van der Waals surface area contributed by atoms with Gasteiger partial charge in [-0.15, -0.1) is 34.9 Å². The van der Waals surface area contributed by atoms with Crippen LogP contribution >= 0.6 is 0 Å². The van der Waals surface area contributed by atoms with E-state index in [4.69, 9.17) is 0 Å². The van der Waals surface area contributed by atoms with Crippen molar-refractivity contribution < 1.29 is 30.0 Å². The number of ketones is 1. The quantitative estimate of drug-likeness (QED) is 0.158. The Morgan fingerprint density at radius 1 is 0.971 bits per heavy atom. The Hall–Kier alpha value is -2.29. The van der Waals surface area contributed by atoms with Crippen LogP contribution in [0.25, 0.3) is 22.0 Å². The summed E-state index contributed by atoms with van der Waals surface area (Å²) in [5, 5.41) is 11.8. The van der Waals surface area contributed by atoms with Gasteiger partial charge in [0.2, 0.25) is 0 Å². The number of pyridine rings is 1. The van der Waals surface area contributed by atoms with Crippen molar-refractivity contribution in [3.05, 3.63) is 77.2 Å². The summed E-state index contributed by atoms with van der Waals surface area (Å²) in [6, 6.07) is 16.5. The molecular formula is C31H40IrNO2-. The van der Waals surface area contributed by atoms with Gasteiger partial charge in [-0.05, 0) is 45.8 Å². The van der Waals surface area contributed by atoms with Crippen LogP contribution in [0.1, 0.15) is 77.0 Å². The zero-order valence-corrected chi connectivity index (χ0v) is 24.8. The van der Waals surface area contributed by atoms with E-state index in [1.165, 1.54) is 28.0 Å². The van der Waals surface area contributed by atoms with Crippen LogP contribution in [0.2, 0.25) is 0 Å². The second kappa shape index (κ2) is 14.3. The maximum absolute atomic E-state index is 11.2. The van der Waals surface area contributed by atoms with E-state index in [2.05, 4.69) is 75.1 Å². The number of benzene rings is 2. The number of aliphatic hydroxyl groups excluding tert-OH is 1. The number of carbonyl (C=O) groups excluding carboxylic acids is 1. The number of rotatable bonds is 7. The molecule has 1 aromatic heterocycles. The molecule has 3 nitrogen and oxygen atoms in total. The van der Waals surface area contributed by atoms with E-state index in [-0.39, 0.29) is 31.6 Å². The van der Waals surface area contributed by atoms with Crippen molar-refractivity contribution in [3.63, 3.8) is 0 Å². The fourth-order valence-electron chi connectivity index (χ4n) is 3.91. The van der Waals surface area contributed by atoms with Gasteiger partial charge in [0.05, 0.1) is 5.76 Å². The molecule has 0 bridgehead atoms. The molecule has 4 heteroatoms. The minimum Gasteiger partial charge on any atom is -0.512 e. The van der Waals surface area contributed by atoms with Crippen molar-refractivity contribution in [2.24, 2.45) is 11.8 Å². The second-order valence-corrected chi connectivity index (χ2v) is 10.3. The minimum atomic E-state index is 0. The van der Waals surface area contributed by atoms with Gasteiger partial charge < -0.3 is 10.1 Å². The van der Waals surface area contributed by atoms with Crippen LogP contribution in [-0.4, -0.2) is 15.9 Å². The standard InChI is InChI=1S/C20H20N.C11H20O2.Ir/c1-13(2)17-6-5-16-7-8-21-20(19(16)12-17)18-10-14(3)9-15(4)11-18;1-8(2)5-10(12)7-11(13)6-9(3)4;/h5-10,12-13H,1-4H3;7-9,12H,5-6H2,1-4H3;/q-1;;/b;10-7-;. The number of aryl methyl sites for hydroxylation is 2. The van der Waals surface area contributed by atoms with Crippen molar-refractivity contribution in [1.29, 1.82) is 0 Å². The predicted molar refractivity (Wildman–Crippen MR) is 144 cm³/mol. The number of aliphatic hydroxyl groups is 1. The summed E-state index contributed by atoms with van der Waals surface area (Å²) in [6.07, 6.45) is 4.35. The van der Waals surface area contributed by atoms with E-state index in [1.807, 2.05) is 33.9 Å². The van der Waals surface area contributed by atoms with Crippen LogP contribution in [0.4, 0.5) is 0 Å². The molecule has 0 fully saturated rings. The van der Waals surface area contributed by atoms with Crippen LogP contribution < -0.4 is 0 Å². The van der Waals surface area contributed by atoms with Crippen molar-refractivity contribution in [3.8, 4) is 11.3 Å². The summed E-state index contributed by atoms with van der Waals surface area (Å²) in [7, 11) is 0. The molecule has 191 valence electrons.